The van der Waals surface area contributed by atoms with E-state index < -0.39 is 46.3 Å². The smallest absolute Gasteiger partial charge is 0.333 e. The Morgan fingerprint density at radius 1 is 0.580 bits per heavy atom. The third-order valence-corrected chi connectivity index (χ3v) is 8.07. The normalized spacial score (nSPS) is 10.8. The van der Waals surface area contributed by atoms with Crippen molar-refractivity contribution >= 4 is 46.7 Å². The van der Waals surface area contributed by atoms with Gasteiger partial charge in [-0.2, -0.15) is 0 Å². The molecule has 0 fully saturated rings. The van der Waals surface area contributed by atoms with E-state index in [1.165, 1.54) is 13.8 Å². The number of hydrogen-bond donors (Lipinski definition) is 1. The van der Waals surface area contributed by atoms with E-state index in [9.17, 15) is 33.9 Å². The van der Waals surface area contributed by atoms with E-state index in [0.717, 1.165) is 0 Å². The lowest BCUT2D eigenvalue weighted by Gasteiger charge is -2.37. The second-order valence-electron chi connectivity index (χ2n) is 13.1. The van der Waals surface area contributed by atoms with Crippen molar-refractivity contribution in [1.82, 2.24) is 0 Å². The maximum absolute atomic E-state index is 12.0. The molecule has 0 saturated heterocycles. The van der Waals surface area contributed by atoms with Gasteiger partial charge in [0.25, 0.3) is 0 Å². The van der Waals surface area contributed by atoms with Crippen LogP contribution in [-0.4, -0.2) is 77.8 Å². The van der Waals surface area contributed by atoms with Crippen LogP contribution in [0.3, 0.4) is 0 Å². The van der Waals surface area contributed by atoms with Crippen LogP contribution in [0.1, 0.15) is 116 Å². The molecule has 0 aromatic carbocycles. The zero-order valence-corrected chi connectivity index (χ0v) is 32.5. The van der Waals surface area contributed by atoms with Gasteiger partial charge in [-0.15, -0.1) is 0 Å². The maximum Gasteiger partial charge on any atom is 0.333 e. The Morgan fingerprint density at radius 2 is 0.880 bits per heavy atom. The Morgan fingerprint density at radius 3 is 1.14 bits per heavy atom. The Bertz CT molecular complexity index is 1070. The standard InChI is InChI=1S/C18H30O6.C10H13ClO5.C8H18O.CH4/c1-12(2)17(21)23-11-10-22-15(19)8-9-16(20)24-18(7,13(3)4)14(5)6;1-7(2)10(14)16-6-5-15-9(13)4-3-8(11)12;1-6(2)8(5,9)7(3)4;/h13-14H,1,8-11H2,2-7H3;1,3-6H2,2H3;6-7,9H,1-5H3;1H4. The second-order valence-corrected chi connectivity index (χ2v) is 13.6. The average molecular weight is 737 g/mol. The Balaban J connectivity index is -0.000000350. The van der Waals surface area contributed by atoms with Crippen LogP contribution in [0.25, 0.3) is 0 Å². The molecule has 1 N–H and O–H groups in total. The molecule has 0 amide bonds. The number of rotatable bonds is 19. The van der Waals surface area contributed by atoms with Crippen LogP contribution in [0.5, 0.6) is 0 Å². The minimum absolute atomic E-state index is 0. The molecule has 292 valence electrons. The molecule has 0 unspecified atom stereocenters. The SMILES string of the molecule is C.C=C(C)C(=O)OCCOC(=O)CCC(=O)Cl.C=C(C)C(=O)OCCOC(=O)CCC(=O)OC(C)(C(C)C)C(C)C.CC(C)C(C)(O)C(C)C. The van der Waals surface area contributed by atoms with E-state index >= 15 is 0 Å². The summed E-state index contributed by atoms with van der Waals surface area (Å²) in [4.78, 5) is 66.8. The molecule has 0 saturated carbocycles. The summed E-state index contributed by atoms with van der Waals surface area (Å²) >= 11 is 5.03. The predicted octanol–water partition coefficient (Wildman–Crippen LogP) is 6.92. The van der Waals surface area contributed by atoms with Gasteiger partial charge in [0.15, 0.2) is 0 Å². The second kappa shape index (κ2) is 27.5. The van der Waals surface area contributed by atoms with E-state index in [0.29, 0.717) is 11.8 Å². The third-order valence-electron chi connectivity index (χ3n) is 7.88. The molecular formula is C37H65ClO12. The maximum atomic E-state index is 12.0. The van der Waals surface area contributed by atoms with Crippen molar-refractivity contribution in [2.24, 2.45) is 23.7 Å². The van der Waals surface area contributed by atoms with Crippen LogP contribution >= 0.6 is 11.6 Å². The van der Waals surface area contributed by atoms with Crippen LogP contribution in [0.2, 0.25) is 0 Å². The Hall–Kier alpha value is -3.25. The lowest BCUT2D eigenvalue weighted by atomic mass is 9.82. The summed E-state index contributed by atoms with van der Waals surface area (Å²) in [6.45, 7) is 29.6. The van der Waals surface area contributed by atoms with Crippen LogP contribution in [0, 0.1) is 23.7 Å². The summed E-state index contributed by atoms with van der Waals surface area (Å²) in [7, 11) is 0. The van der Waals surface area contributed by atoms with Gasteiger partial charge in [0.05, 0.1) is 24.9 Å². The molecular weight excluding hydrogens is 672 g/mol. The van der Waals surface area contributed by atoms with Crippen molar-refractivity contribution in [3.8, 4) is 0 Å². The molecule has 13 heteroatoms. The number of ether oxygens (including phenoxy) is 5. The molecule has 0 bridgehead atoms. The topological polar surface area (TPSA) is 169 Å². The molecule has 0 aliphatic carbocycles. The number of hydrogen-bond acceptors (Lipinski definition) is 12. The highest BCUT2D eigenvalue weighted by Crippen LogP contribution is 2.30. The summed E-state index contributed by atoms with van der Waals surface area (Å²) in [5.74, 6) is -1.56. The minimum Gasteiger partial charge on any atom is -0.462 e. The lowest BCUT2D eigenvalue weighted by Crippen LogP contribution is -2.42. The summed E-state index contributed by atoms with van der Waals surface area (Å²) < 4.78 is 24.6. The van der Waals surface area contributed by atoms with Crippen LogP contribution < -0.4 is 0 Å². The van der Waals surface area contributed by atoms with Crippen molar-refractivity contribution in [2.75, 3.05) is 26.4 Å². The summed E-state index contributed by atoms with van der Waals surface area (Å²) in [6, 6.07) is 0. The van der Waals surface area contributed by atoms with Crippen molar-refractivity contribution in [2.45, 2.75) is 127 Å². The minimum atomic E-state index is -0.592. The van der Waals surface area contributed by atoms with Crippen molar-refractivity contribution in [3.63, 3.8) is 0 Å². The fraction of sp³-hybridized carbons (Fsp3) is 0.730. The molecule has 0 spiro atoms. The molecule has 0 aliphatic rings. The molecule has 0 aromatic rings. The lowest BCUT2D eigenvalue weighted by molar-refractivity contribution is -0.170. The van der Waals surface area contributed by atoms with Gasteiger partial charge in [0, 0.05) is 17.6 Å². The summed E-state index contributed by atoms with van der Waals surface area (Å²) in [6.07, 6.45) is -0.248. The van der Waals surface area contributed by atoms with Crippen LogP contribution in [0.4, 0.5) is 0 Å². The largest absolute Gasteiger partial charge is 0.462 e. The number of carbonyl (C=O) groups is 6. The molecule has 12 nitrogen and oxygen atoms in total. The highest BCUT2D eigenvalue weighted by atomic mass is 35.5. The third kappa shape index (κ3) is 25.7. The van der Waals surface area contributed by atoms with Crippen molar-refractivity contribution in [1.29, 1.82) is 0 Å². The molecule has 0 heterocycles. The van der Waals surface area contributed by atoms with Crippen molar-refractivity contribution in [3.05, 3.63) is 24.3 Å². The molecule has 0 aromatic heterocycles. The molecule has 0 radical (unpaired) electrons. The fourth-order valence-electron chi connectivity index (χ4n) is 3.24. The quantitative estimate of drug-likeness (QED) is 0.0478. The first kappa shape index (κ1) is 53.5. The van der Waals surface area contributed by atoms with E-state index in [1.54, 1.807) is 0 Å². The van der Waals surface area contributed by atoms with Gasteiger partial charge in [-0.3, -0.25) is 19.2 Å². The van der Waals surface area contributed by atoms with E-state index in [-0.39, 0.29) is 82.5 Å². The van der Waals surface area contributed by atoms with E-state index in [1.807, 2.05) is 69.2 Å². The highest BCUT2D eigenvalue weighted by Gasteiger charge is 2.36. The monoisotopic (exact) mass is 736 g/mol. The number of carbonyl (C=O) groups excluding carboxylic acids is 6. The zero-order chi connectivity index (χ0) is 39.1. The van der Waals surface area contributed by atoms with Crippen LogP contribution in [-0.2, 0) is 52.5 Å². The molecule has 0 atom stereocenters. The van der Waals surface area contributed by atoms with Gasteiger partial charge in [-0.25, -0.2) is 9.59 Å². The summed E-state index contributed by atoms with van der Waals surface area (Å²) in [5, 5.41) is 9.08. The average Bonchev–Trinajstić information content (AvgIpc) is 2.99. The van der Waals surface area contributed by atoms with Gasteiger partial charge in [-0.05, 0) is 63.0 Å². The zero-order valence-electron chi connectivity index (χ0n) is 31.7. The Kier molecular flexibility index (Phi) is 29.4. The van der Waals surface area contributed by atoms with E-state index in [2.05, 4.69) is 22.6 Å². The first-order chi connectivity index (χ1) is 22.3. The first-order valence-electron chi connectivity index (χ1n) is 16.4. The molecule has 50 heavy (non-hydrogen) atoms. The van der Waals surface area contributed by atoms with Crippen LogP contribution in [0.15, 0.2) is 24.3 Å². The number of aliphatic hydroxyl groups is 1. The van der Waals surface area contributed by atoms with Gasteiger partial charge >= 0.3 is 29.8 Å². The molecule has 0 aliphatic heterocycles. The molecule has 0 rings (SSSR count). The van der Waals surface area contributed by atoms with E-state index in [4.69, 9.17) is 25.8 Å². The number of esters is 5. The summed E-state index contributed by atoms with van der Waals surface area (Å²) in [5.41, 5.74) is -0.515. The van der Waals surface area contributed by atoms with Crippen molar-refractivity contribution < 1.29 is 57.6 Å². The first-order valence-corrected chi connectivity index (χ1v) is 16.8. The van der Waals surface area contributed by atoms with Gasteiger partial charge in [0.1, 0.15) is 32.0 Å². The Labute approximate surface area is 305 Å². The fourth-order valence-corrected chi connectivity index (χ4v) is 3.33. The highest BCUT2D eigenvalue weighted by molar-refractivity contribution is 6.63. The van der Waals surface area contributed by atoms with Gasteiger partial charge in [-0.1, -0.05) is 76.0 Å². The predicted molar refractivity (Wildman–Crippen MR) is 194 cm³/mol. The van der Waals surface area contributed by atoms with Gasteiger partial charge < -0.3 is 28.8 Å². The van der Waals surface area contributed by atoms with Gasteiger partial charge in [0.2, 0.25) is 5.24 Å². The number of halogens is 1.